The molecule has 0 radical (unpaired) electrons. The monoisotopic (exact) mass is 417 g/mol. The Balaban J connectivity index is 1.39. The minimum atomic E-state index is -0.111. The lowest BCUT2D eigenvalue weighted by Gasteiger charge is -2.32. The highest BCUT2D eigenvalue weighted by atomic mass is 16.2. The van der Waals surface area contributed by atoms with Crippen LogP contribution in [0.4, 0.5) is 0 Å². The number of carbonyl (C=O) groups excluding carboxylic acids is 2. The fourth-order valence-electron chi connectivity index (χ4n) is 4.00. The lowest BCUT2D eigenvalue weighted by molar-refractivity contribution is 0.0691. The van der Waals surface area contributed by atoms with E-state index in [0.29, 0.717) is 37.2 Å². The molecule has 2 amide bonds. The fourth-order valence-corrected chi connectivity index (χ4v) is 4.00. The van der Waals surface area contributed by atoms with Gasteiger partial charge < -0.3 is 10.2 Å². The van der Waals surface area contributed by atoms with Gasteiger partial charge in [0.15, 0.2) is 5.69 Å². The van der Waals surface area contributed by atoms with Crippen molar-refractivity contribution in [3.63, 3.8) is 0 Å². The second kappa shape index (κ2) is 8.71. The number of nitrogens with one attached hydrogen (secondary N) is 1. The molecule has 0 saturated carbocycles. The van der Waals surface area contributed by atoms with Gasteiger partial charge in [-0.25, -0.2) is 4.68 Å². The van der Waals surface area contributed by atoms with E-state index >= 15 is 0 Å². The van der Waals surface area contributed by atoms with Crippen LogP contribution in [0.5, 0.6) is 0 Å². The van der Waals surface area contributed by atoms with Crippen LogP contribution in [0.1, 0.15) is 50.5 Å². The van der Waals surface area contributed by atoms with E-state index in [1.807, 2.05) is 69.3 Å². The highest BCUT2D eigenvalue weighted by Crippen LogP contribution is 2.18. The first-order valence-electron chi connectivity index (χ1n) is 10.6. The van der Waals surface area contributed by atoms with E-state index in [-0.39, 0.29) is 17.9 Å². The molecular formula is C24H27N5O2. The summed E-state index contributed by atoms with van der Waals surface area (Å²) in [6, 6.07) is 15.6. The van der Waals surface area contributed by atoms with Gasteiger partial charge in [0.1, 0.15) is 0 Å². The van der Waals surface area contributed by atoms with Crippen LogP contribution in [0.3, 0.4) is 0 Å². The molecule has 0 bridgehead atoms. The molecule has 0 aliphatic carbocycles. The normalized spacial score (nSPS) is 14.5. The summed E-state index contributed by atoms with van der Waals surface area (Å²) in [5.74, 6) is -0.167. The maximum Gasteiger partial charge on any atom is 0.276 e. The van der Waals surface area contributed by atoms with Crippen LogP contribution in [0, 0.1) is 20.8 Å². The first kappa shape index (κ1) is 20.8. The van der Waals surface area contributed by atoms with E-state index in [1.165, 1.54) is 0 Å². The summed E-state index contributed by atoms with van der Waals surface area (Å²) in [7, 11) is 0. The van der Waals surface area contributed by atoms with Crippen molar-refractivity contribution >= 4 is 11.8 Å². The number of piperidine rings is 1. The summed E-state index contributed by atoms with van der Waals surface area (Å²) in [5.41, 5.74) is 4.77. The molecule has 1 aliphatic heterocycles. The molecule has 0 spiro atoms. The molecule has 160 valence electrons. The number of nitrogens with zero attached hydrogens (tertiary/aromatic N) is 4. The Kier molecular flexibility index (Phi) is 5.84. The molecule has 7 nitrogen and oxygen atoms in total. The molecule has 2 aromatic carbocycles. The molecule has 1 aromatic heterocycles. The average molecular weight is 418 g/mol. The largest absolute Gasteiger partial charge is 0.349 e. The average Bonchev–Trinajstić information content (AvgIpc) is 3.15. The summed E-state index contributed by atoms with van der Waals surface area (Å²) < 4.78 is 1.70. The number of likely N-dealkylation sites (tertiary alicyclic amines) is 1. The van der Waals surface area contributed by atoms with Gasteiger partial charge in [0.25, 0.3) is 11.8 Å². The van der Waals surface area contributed by atoms with Gasteiger partial charge in [-0.05, 0) is 62.9 Å². The SMILES string of the molecule is Cc1cccc(-n2nnc(C(=O)N3CCC(NC(=O)c4ccccc4C)CC3)c2C)c1. The van der Waals surface area contributed by atoms with Crippen LogP contribution in [0.25, 0.3) is 5.69 Å². The number of hydrogen-bond acceptors (Lipinski definition) is 4. The molecule has 0 atom stereocenters. The lowest BCUT2D eigenvalue weighted by Crippen LogP contribution is -2.46. The second-order valence-electron chi connectivity index (χ2n) is 8.13. The van der Waals surface area contributed by atoms with Crippen molar-refractivity contribution in [2.45, 2.75) is 39.7 Å². The molecule has 2 heterocycles. The van der Waals surface area contributed by atoms with Crippen LogP contribution >= 0.6 is 0 Å². The number of aryl methyl sites for hydroxylation is 2. The summed E-state index contributed by atoms with van der Waals surface area (Å²) in [6.07, 6.45) is 1.43. The minimum Gasteiger partial charge on any atom is -0.349 e. The third kappa shape index (κ3) is 4.35. The van der Waals surface area contributed by atoms with E-state index < -0.39 is 0 Å². The van der Waals surface area contributed by atoms with Gasteiger partial charge in [-0.2, -0.15) is 0 Å². The molecule has 3 aromatic rings. The Labute approximate surface area is 182 Å². The van der Waals surface area contributed by atoms with Crippen LogP contribution in [0.2, 0.25) is 0 Å². The molecule has 0 unspecified atom stereocenters. The second-order valence-corrected chi connectivity index (χ2v) is 8.13. The Morgan fingerprint density at radius 3 is 2.45 bits per heavy atom. The lowest BCUT2D eigenvalue weighted by atomic mass is 10.0. The zero-order valence-electron chi connectivity index (χ0n) is 18.1. The van der Waals surface area contributed by atoms with Crippen molar-refractivity contribution in [2.75, 3.05) is 13.1 Å². The van der Waals surface area contributed by atoms with Crippen molar-refractivity contribution in [2.24, 2.45) is 0 Å². The third-order valence-corrected chi connectivity index (χ3v) is 5.85. The van der Waals surface area contributed by atoms with Gasteiger partial charge in [-0.15, -0.1) is 5.10 Å². The molecular weight excluding hydrogens is 390 g/mol. The Bertz CT molecular complexity index is 1110. The van der Waals surface area contributed by atoms with E-state index in [2.05, 4.69) is 15.6 Å². The van der Waals surface area contributed by atoms with Crippen molar-refractivity contribution in [1.82, 2.24) is 25.2 Å². The van der Waals surface area contributed by atoms with E-state index in [0.717, 1.165) is 22.5 Å². The Morgan fingerprint density at radius 1 is 1.00 bits per heavy atom. The van der Waals surface area contributed by atoms with Crippen molar-refractivity contribution in [3.8, 4) is 5.69 Å². The van der Waals surface area contributed by atoms with E-state index in [1.54, 1.807) is 9.58 Å². The third-order valence-electron chi connectivity index (χ3n) is 5.85. The predicted molar refractivity (Wildman–Crippen MR) is 118 cm³/mol. The summed E-state index contributed by atoms with van der Waals surface area (Å²) in [4.78, 5) is 27.4. The van der Waals surface area contributed by atoms with Gasteiger partial charge in [0.2, 0.25) is 0 Å². The van der Waals surface area contributed by atoms with Crippen LogP contribution in [-0.2, 0) is 0 Å². The van der Waals surface area contributed by atoms with E-state index in [4.69, 9.17) is 0 Å². The first-order chi connectivity index (χ1) is 14.9. The van der Waals surface area contributed by atoms with Crippen LogP contribution in [0.15, 0.2) is 48.5 Å². The van der Waals surface area contributed by atoms with Gasteiger partial charge in [-0.3, -0.25) is 9.59 Å². The quantitative estimate of drug-likeness (QED) is 0.707. The highest BCUT2D eigenvalue weighted by Gasteiger charge is 2.28. The van der Waals surface area contributed by atoms with Crippen molar-refractivity contribution in [1.29, 1.82) is 0 Å². The molecule has 1 fully saturated rings. The maximum absolute atomic E-state index is 13.0. The first-order valence-corrected chi connectivity index (χ1v) is 10.6. The number of amides is 2. The smallest absolute Gasteiger partial charge is 0.276 e. The number of hydrogen-bond donors (Lipinski definition) is 1. The number of carbonyl (C=O) groups is 2. The molecule has 4 rings (SSSR count). The number of benzene rings is 2. The predicted octanol–water partition coefficient (Wildman–Crippen LogP) is 3.23. The zero-order valence-corrected chi connectivity index (χ0v) is 18.1. The molecule has 31 heavy (non-hydrogen) atoms. The number of aromatic nitrogens is 3. The summed E-state index contributed by atoms with van der Waals surface area (Å²) >= 11 is 0. The van der Waals surface area contributed by atoms with Crippen molar-refractivity contribution < 1.29 is 9.59 Å². The zero-order chi connectivity index (χ0) is 22.0. The molecule has 1 aliphatic rings. The fraction of sp³-hybridized carbons (Fsp3) is 0.333. The maximum atomic E-state index is 13.0. The molecule has 7 heteroatoms. The molecule has 1 N–H and O–H groups in total. The van der Waals surface area contributed by atoms with Gasteiger partial charge in [0.05, 0.1) is 11.4 Å². The van der Waals surface area contributed by atoms with Gasteiger partial charge >= 0.3 is 0 Å². The minimum absolute atomic E-state index is 0.0557. The highest BCUT2D eigenvalue weighted by molar-refractivity contribution is 5.96. The van der Waals surface area contributed by atoms with Gasteiger partial charge in [0, 0.05) is 24.7 Å². The topological polar surface area (TPSA) is 80.1 Å². The Hall–Kier alpha value is -3.48. The summed E-state index contributed by atoms with van der Waals surface area (Å²) in [6.45, 7) is 6.97. The van der Waals surface area contributed by atoms with Crippen LogP contribution < -0.4 is 5.32 Å². The van der Waals surface area contributed by atoms with Gasteiger partial charge in [-0.1, -0.05) is 35.5 Å². The van der Waals surface area contributed by atoms with Crippen molar-refractivity contribution in [3.05, 3.63) is 76.6 Å². The Morgan fingerprint density at radius 2 is 1.74 bits per heavy atom. The standard InChI is InChI=1S/C24H27N5O2/c1-16-7-6-9-20(15-16)29-18(3)22(26-27-29)24(31)28-13-11-19(12-14-28)25-23(30)21-10-5-4-8-17(21)2/h4-10,15,19H,11-14H2,1-3H3,(H,25,30). The number of rotatable bonds is 4. The summed E-state index contributed by atoms with van der Waals surface area (Å²) in [5, 5.41) is 11.5. The van der Waals surface area contributed by atoms with E-state index in [9.17, 15) is 9.59 Å². The molecule has 1 saturated heterocycles. The van der Waals surface area contributed by atoms with Crippen LogP contribution in [-0.4, -0.2) is 50.8 Å².